The number of amides is 1. The molecule has 4 rings (SSSR count). The topological polar surface area (TPSA) is 88.4 Å². The fourth-order valence-corrected chi connectivity index (χ4v) is 3.79. The van der Waals surface area contributed by atoms with E-state index in [4.69, 9.17) is 16.3 Å². The first-order valence-corrected chi connectivity index (χ1v) is 11.2. The van der Waals surface area contributed by atoms with Crippen LogP contribution in [0, 0.1) is 0 Å². The molecule has 0 bridgehead atoms. The van der Waals surface area contributed by atoms with Gasteiger partial charge >= 0.3 is 0 Å². The normalized spacial score (nSPS) is 14.5. The monoisotopic (exact) mass is 469 g/mol. The molecule has 0 unspecified atom stereocenters. The number of ether oxygens (including phenoxy) is 1. The number of piperazine rings is 1. The van der Waals surface area contributed by atoms with Crippen molar-refractivity contribution in [2.45, 2.75) is 19.9 Å². The summed E-state index contributed by atoms with van der Waals surface area (Å²) in [5, 5.41) is 8.13. The second-order valence-electron chi connectivity index (χ2n) is 8.30. The third-order valence-electron chi connectivity index (χ3n) is 5.61. The van der Waals surface area contributed by atoms with E-state index in [0.29, 0.717) is 52.4 Å². The van der Waals surface area contributed by atoms with Crippen LogP contribution < -0.4 is 10.1 Å². The van der Waals surface area contributed by atoms with Crippen LogP contribution in [0.2, 0.25) is 5.02 Å². The largest absolute Gasteiger partial charge is 0.495 e. The second kappa shape index (κ2) is 9.76. The number of aromatic nitrogens is 4. The summed E-state index contributed by atoms with van der Waals surface area (Å²) in [5.41, 5.74) is 2.43. The molecule has 1 N–H and O–H groups in total. The lowest BCUT2D eigenvalue weighted by atomic mass is 10.1. The molecule has 1 aliphatic heterocycles. The Morgan fingerprint density at radius 1 is 1.18 bits per heavy atom. The average Bonchev–Trinajstić information content (AvgIpc) is 3.31. The molecule has 2 aromatic heterocycles. The molecule has 33 heavy (non-hydrogen) atoms. The Morgan fingerprint density at radius 3 is 2.61 bits per heavy atom. The molecule has 0 aliphatic carbocycles. The van der Waals surface area contributed by atoms with E-state index < -0.39 is 0 Å². The Bertz CT molecular complexity index is 1140. The van der Waals surface area contributed by atoms with Gasteiger partial charge in [-0.05, 0) is 45.2 Å². The number of carbonyl (C=O) groups excluding carboxylic acids is 1. The molecule has 174 valence electrons. The van der Waals surface area contributed by atoms with Crippen LogP contribution in [0.5, 0.6) is 5.75 Å². The van der Waals surface area contributed by atoms with Gasteiger partial charge in [-0.1, -0.05) is 11.6 Å². The van der Waals surface area contributed by atoms with Gasteiger partial charge in [-0.3, -0.25) is 9.48 Å². The fraction of sp³-hybridized carbons (Fsp3) is 0.391. The summed E-state index contributed by atoms with van der Waals surface area (Å²) in [5.74, 6) is 0.878. The van der Waals surface area contributed by atoms with Crippen LogP contribution >= 0.6 is 11.6 Å². The first-order chi connectivity index (χ1) is 15.9. The number of hydrogen-bond donors (Lipinski definition) is 1. The van der Waals surface area contributed by atoms with Crippen molar-refractivity contribution in [1.29, 1.82) is 0 Å². The summed E-state index contributed by atoms with van der Waals surface area (Å²) in [6.07, 6.45) is 3.43. The van der Waals surface area contributed by atoms with Crippen LogP contribution in [0.25, 0.3) is 11.4 Å². The molecule has 3 heterocycles. The Kier molecular flexibility index (Phi) is 6.80. The van der Waals surface area contributed by atoms with Crippen LogP contribution in [0.3, 0.4) is 0 Å². The van der Waals surface area contributed by atoms with E-state index in [9.17, 15) is 4.79 Å². The molecule has 0 saturated carbocycles. The maximum Gasteiger partial charge on any atom is 0.254 e. The molecule has 1 aliphatic rings. The van der Waals surface area contributed by atoms with Crippen molar-refractivity contribution in [1.82, 2.24) is 29.5 Å². The summed E-state index contributed by atoms with van der Waals surface area (Å²) in [4.78, 5) is 25.8. The Morgan fingerprint density at radius 2 is 1.94 bits per heavy atom. The third kappa shape index (κ3) is 5.09. The van der Waals surface area contributed by atoms with Gasteiger partial charge in [-0.15, -0.1) is 0 Å². The summed E-state index contributed by atoms with van der Waals surface area (Å²) >= 11 is 6.35. The lowest BCUT2D eigenvalue weighted by Gasteiger charge is -2.32. The molecular formula is C23H28ClN7O2. The SMILES string of the molecule is COc1cc(C(=O)N2CCN(C)CC2)ccc1Nc1ncc(Cl)c(-c2ccn(C(C)C)n2)n1. The number of hydrogen-bond acceptors (Lipinski definition) is 7. The lowest BCUT2D eigenvalue weighted by Crippen LogP contribution is -2.47. The van der Waals surface area contributed by atoms with Crippen LogP contribution in [-0.2, 0) is 0 Å². The molecule has 0 radical (unpaired) electrons. The van der Waals surface area contributed by atoms with Crippen LogP contribution in [-0.4, -0.2) is 75.8 Å². The summed E-state index contributed by atoms with van der Waals surface area (Å²) in [6, 6.07) is 7.43. The highest BCUT2D eigenvalue weighted by molar-refractivity contribution is 6.32. The van der Waals surface area contributed by atoms with E-state index in [2.05, 4.69) is 46.2 Å². The van der Waals surface area contributed by atoms with Gasteiger partial charge in [0, 0.05) is 44.0 Å². The summed E-state index contributed by atoms with van der Waals surface area (Å²) in [7, 11) is 3.63. The van der Waals surface area contributed by atoms with Crippen molar-refractivity contribution in [2.24, 2.45) is 0 Å². The van der Waals surface area contributed by atoms with Gasteiger partial charge in [0.05, 0.1) is 24.0 Å². The van der Waals surface area contributed by atoms with Crippen molar-refractivity contribution < 1.29 is 9.53 Å². The van der Waals surface area contributed by atoms with E-state index >= 15 is 0 Å². The number of nitrogens with one attached hydrogen (secondary N) is 1. The van der Waals surface area contributed by atoms with Gasteiger partial charge in [0.1, 0.15) is 17.1 Å². The van der Waals surface area contributed by atoms with Crippen molar-refractivity contribution in [3.8, 4) is 17.1 Å². The zero-order chi connectivity index (χ0) is 23.5. The highest BCUT2D eigenvalue weighted by atomic mass is 35.5. The van der Waals surface area contributed by atoms with Gasteiger partial charge < -0.3 is 19.9 Å². The quantitative estimate of drug-likeness (QED) is 0.588. The molecule has 9 nitrogen and oxygen atoms in total. The van der Waals surface area contributed by atoms with E-state index in [1.165, 1.54) is 0 Å². The minimum absolute atomic E-state index is 0.00119. The molecule has 10 heteroatoms. The number of likely N-dealkylation sites (N-methyl/N-ethyl adjacent to an activating group) is 1. The van der Waals surface area contributed by atoms with E-state index in [-0.39, 0.29) is 11.9 Å². The standard InChI is InChI=1S/C23H28ClN7O2/c1-15(2)31-8-7-19(28-31)21-17(24)14-25-23(27-21)26-18-6-5-16(13-20(18)33-4)22(32)30-11-9-29(3)10-12-30/h5-8,13-15H,9-12H2,1-4H3,(H,25,26,27). The molecule has 0 spiro atoms. The maximum atomic E-state index is 12.9. The van der Waals surface area contributed by atoms with Gasteiger partial charge in [-0.25, -0.2) is 9.97 Å². The fourth-order valence-electron chi connectivity index (χ4n) is 3.60. The summed E-state index contributed by atoms with van der Waals surface area (Å²) in [6.45, 7) is 7.27. The van der Waals surface area contributed by atoms with Gasteiger partial charge in [-0.2, -0.15) is 5.10 Å². The van der Waals surface area contributed by atoms with Gasteiger partial charge in [0.25, 0.3) is 5.91 Å². The van der Waals surface area contributed by atoms with E-state index in [1.807, 2.05) is 21.8 Å². The Hall–Kier alpha value is -3.17. The van der Waals surface area contributed by atoms with Crippen molar-refractivity contribution >= 4 is 29.1 Å². The number of benzene rings is 1. The van der Waals surface area contributed by atoms with E-state index in [1.54, 1.807) is 31.5 Å². The highest BCUT2D eigenvalue weighted by Crippen LogP contribution is 2.30. The van der Waals surface area contributed by atoms with Crippen molar-refractivity contribution in [3.63, 3.8) is 0 Å². The molecular weight excluding hydrogens is 442 g/mol. The zero-order valence-electron chi connectivity index (χ0n) is 19.2. The predicted molar refractivity (Wildman–Crippen MR) is 128 cm³/mol. The third-order valence-corrected chi connectivity index (χ3v) is 5.89. The summed E-state index contributed by atoms with van der Waals surface area (Å²) < 4.78 is 7.39. The van der Waals surface area contributed by atoms with E-state index in [0.717, 1.165) is 13.1 Å². The molecule has 3 aromatic rings. The molecule has 1 aromatic carbocycles. The number of carbonyl (C=O) groups is 1. The van der Waals surface area contributed by atoms with Gasteiger partial charge in [0.15, 0.2) is 0 Å². The molecule has 0 atom stereocenters. The number of rotatable bonds is 6. The van der Waals surface area contributed by atoms with Crippen molar-refractivity contribution in [3.05, 3.63) is 47.2 Å². The first kappa shape index (κ1) is 23.0. The Labute approximate surface area is 198 Å². The van der Waals surface area contributed by atoms with Crippen LogP contribution in [0.15, 0.2) is 36.7 Å². The smallest absolute Gasteiger partial charge is 0.254 e. The predicted octanol–water partition coefficient (Wildman–Crippen LogP) is 3.71. The minimum Gasteiger partial charge on any atom is -0.495 e. The Balaban J connectivity index is 1.55. The highest BCUT2D eigenvalue weighted by Gasteiger charge is 2.21. The number of nitrogens with zero attached hydrogens (tertiary/aromatic N) is 6. The number of halogens is 1. The lowest BCUT2D eigenvalue weighted by molar-refractivity contribution is 0.0664. The minimum atomic E-state index is -0.00119. The van der Waals surface area contributed by atoms with Crippen LogP contribution in [0.1, 0.15) is 30.2 Å². The van der Waals surface area contributed by atoms with Crippen LogP contribution in [0.4, 0.5) is 11.6 Å². The van der Waals surface area contributed by atoms with Crippen molar-refractivity contribution in [2.75, 3.05) is 45.7 Å². The number of methoxy groups -OCH3 is 1. The van der Waals surface area contributed by atoms with Gasteiger partial charge in [0.2, 0.25) is 5.95 Å². The average molecular weight is 470 g/mol. The first-order valence-electron chi connectivity index (χ1n) is 10.9. The molecule has 1 amide bonds. The second-order valence-corrected chi connectivity index (χ2v) is 8.71. The molecule has 1 saturated heterocycles. The maximum absolute atomic E-state index is 12.9. The number of anilines is 2. The molecule has 1 fully saturated rings. The zero-order valence-corrected chi connectivity index (χ0v) is 20.0.